The van der Waals surface area contributed by atoms with Gasteiger partial charge in [0.1, 0.15) is 6.54 Å². The van der Waals surface area contributed by atoms with Crippen molar-refractivity contribution in [1.82, 2.24) is 15.0 Å². The fourth-order valence-electron chi connectivity index (χ4n) is 2.22. The van der Waals surface area contributed by atoms with Gasteiger partial charge in [-0.05, 0) is 6.92 Å². The van der Waals surface area contributed by atoms with Crippen molar-refractivity contribution in [2.75, 3.05) is 25.0 Å². The molecule has 1 aliphatic rings. The molecule has 1 aromatic carbocycles. The molecule has 0 bridgehead atoms. The Morgan fingerprint density at radius 2 is 2.05 bits per heavy atom. The van der Waals surface area contributed by atoms with Gasteiger partial charge in [-0.15, -0.1) is 0 Å². The van der Waals surface area contributed by atoms with E-state index in [9.17, 15) is 4.79 Å². The van der Waals surface area contributed by atoms with Gasteiger partial charge in [-0.3, -0.25) is 4.79 Å². The molecule has 0 spiro atoms. The number of amides is 1. The molecule has 1 amide bonds. The van der Waals surface area contributed by atoms with Crippen molar-refractivity contribution in [3.8, 4) is 11.4 Å². The summed E-state index contributed by atoms with van der Waals surface area (Å²) in [6.45, 7) is 2.97. The summed E-state index contributed by atoms with van der Waals surface area (Å²) in [4.78, 5) is 19.8. The average Bonchev–Trinajstić information content (AvgIpc) is 2.95. The SMILES string of the molecule is CC1CN(c2nc(-c3ccccc3)no2)CC(=O)N1C. The number of carbonyl (C=O) groups excluding carboxylic acids is 1. The third-order valence-electron chi connectivity index (χ3n) is 3.58. The summed E-state index contributed by atoms with van der Waals surface area (Å²) in [6, 6.07) is 10.2. The molecule has 6 nitrogen and oxygen atoms in total. The van der Waals surface area contributed by atoms with E-state index in [1.165, 1.54) is 0 Å². The molecule has 1 fully saturated rings. The highest BCUT2D eigenvalue weighted by Gasteiger charge is 2.29. The number of aromatic nitrogens is 2. The van der Waals surface area contributed by atoms with E-state index in [0.29, 0.717) is 18.4 Å². The van der Waals surface area contributed by atoms with Gasteiger partial charge >= 0.3 is 6.01 Å². The number of benzene rings is 1. The van der Waals surface area contributed by atoms with Crippen molar-refractivity contribution >= 4 is 11.9 Å². The predicted molar refractivity (Wildman–Crippen MR) is 74.2 cm³/mol. The smallest absolute Gasteiger partial charge is 0.324 e. The number of piperazine rings is 1. The minimum atomic E-state index is 0.0585. The monoisotopic (exact) mass is 272 g/mol. The van der Waals surface area contributed by atoms with Gasteiger partial charge in [-0.25, -0.2) is 0 Å². The van der Waals surface area contributed by atoms with Gasteiger partial charge in [0.25, 0.3) is 0 Å². The molecule has 0 radical (unpaired) electrons. The van der Waals surface area contributed by atoms with Gasteiger partial charge in [0.15, 0.2) is 0 Å². The maximum absolute atomic E-state index is 11.9. The van der Waals surface area contributed by atoms with E-state index in [0.717, 1.165) is 5.56 Å². The molecule has 1 saturated heterocycles. The molecule has 3 rings (SSSR count). The topological polar surface area (TPSA) is 62.5 Å². The molecule has 6 heteroatoms. The van der Waals surface area contributed by atoms with E-state index >= 15 is 0 Å². The minimum absolute atomic E-state index is 0.0585. The Morgan fingerprint density at radius 3 is 2.75 bits per heavy atom. The van der Waals surface area contributed by atoms with Gasteiger partial charge in [-0.2, -0.15) is 4.98 Å². The van der Waals surface area contributed by atoms with E-state index in [-0.39, 0.29) is 18.5 Å². The fraction of sp³-hybridized carbons (Fsp3) is 0.357. The quantitative estimate of drug-likeness (QED) is 0.827. The first-order chi connectivity index (χ1) is 9.65. The van der Waals surface area contributed by atoms with Crippen LogP contribution in [0.2, 0.25) is 0 Å². The molecule has 104 valence electrons. The maximum atomic E-state index is 11.9. The van der Waals surface area contributed by atoms with E-state index < -0.39 is 0 Å². The summed E-state index contributed by atoms with van der Waals surface area (Å²) >= 11 is 0. The number of hydrogen-bond acceptors (Lipinski definition) is 5. The third kappa shape index (κ3) is 2.24. The van der Waals surface area contributed by atoms with Crippen LogP contribution in [0.1, 0.15) is 6.92 Å². The Bertz CT molecular complexity index is 611. The van der Waals surface area contributed by atoms with Crippen molar-refractivity contribution < 1.29 is 9.32 Å². The van der Waals surface area contributed by atoms with Gasteiger partial charge < -0.3 is 14.3 Å². The highest BCUT2D eigenvalue weighted by atomic mass is 16.5. The minimum Gasteiger partial charge on any atom is -0.340 e. The molecule has 0 aliphatic carbocycles. The Kier molecular flexibility index (Phi) is 3.14. The number of anilines is 1. The molecule has 2 heterocycles. The van der Waals surface area contributed by atoms with Crippen LogP contribution in [0.25, 0.3) is 11.4 Å². The largest absolute Gasteiger partial charge is 0.340 e. The summed E-state index contributed by atoms with van der Waals surface area (Å²) < 4.78 is 5.28. The van der Waals surface area contributed by atoms with Crippen LogP contribution in [0.4, 0.5) is 6.01 Å². The molecule has 20 heavy (non-hydrogen) atoms. The van der Waals surface area contributed by atoms with E-state index in [1.807, 2.05) is 49.2 Å². The standard InChI is InChI=1S/C14H16N4O2/c1-10-8-18(9-12(19)17(10)2)14-15-13(16-20-14)11-6-4-3-5-7-11/h3-7,10H,8-9H2,1-2H3. The first-order valence-corrected chi connectivity index (χ1v) is 6.55. The summed E-state index contributed by atoms with van der Waals surface area (Å²) in [7, 11) is 1.81. The lowest BCUT2D eigenvalue weighted by Gasteiger charge is -2.36. The van der Waals surface area contributed by atoms with Crippen molar-refractivity contribution in [2.45, 2.75) is 13.0 Å². The summed E-state index contributed by atoms with van der Waals surface area (Å²) in [5.41, 5.74) is 0.899. The first kappa shape index (κ1) is 12.7. The van der Waals surface area contributed by atoms with Gasteiger partial charge in [0.2, 0.25) is 11.7 Å². The highest BCUT2D eigenvalue weighted by molar-refractivity contribution is 5.82. The molecule has 1 atom stereocenters. The highest BCUT2D eigenvalue weighted by Crippen LogP contribution is 2.21. The lowest BCUT2D eigenvalue weighted by molar-refractivity contribution is -0.131. The molecular weight excluding hydrogens is 256 g/mol. The molecule has 1 aliphatic heterocycles. The molecular formula is C14H16N4O2. The summed E-state index contributed by atoms with van der Waals surface area (Å²) in [6.07, 6.45) is 0. The lowest BCUT2D eigenvalue weighted by Crippen LogP contribution is -2.53. The molecule has 2 aromatic rings. The Hall–Kier alpha value is -2.37. The van der Waals surface area contributed by atoms with E-state index in [1.54, 1.807) is 4.90 Å². The van der Waals surface area contributed by atoms with Crippen LogP contribution < -0.4 is 4.90 Å². The van der Waals surface area contributed by atoms with Crippen LogP contribution in [0.15, 0.2) is 34.9 Å². The zero-order chi connectivity index (χ0) is 14.1. The number of likely N-dealkylation sites (N-methyl/N-ethyl adjacent to an activating group) is 1. The molecule has 1 aromatic heterocycles. The van der Waals surface area contributed by atoms with Gasteiger partial charge in [-0.1, -0.05) is 35.5 Å². The predicted octanol–water partition coefficient (Wildman–Crippen LogP) is 1.40. The van der Waals surface area contributed by atoms with Crippen molar-refractivity contribution in [2.24, 2.45) is 0 Å². The van der Waals surface area contributed by atoms with E-state index in [2.05, 4.69) is 10.1 Å². The number of carbonyl (C=O) groups is 1. The maximum Gasteiger partial charge on any atom is 0.324 e. The Balaban J connectivity index is 1.82. The van der Waals surface area contributed by atoms with Crippen LogP contribution in [0.3, 0.4) is 0 Å². The second-order valence-corrected chi connectivity index (χ2v) is 5.00. The lowest BCUT2D eigenvalue weighted by atomic mass is 10.2. The third-order valence-corrected chi connectivity index (χ3v) is 3.58. The average molecular weight is 272 g/mol. The van der Waals surface area contributed by atoms with Crippen LogP contribution in [-0.2, 0) is 4.79 Å². The summed E-state index contributed by atoms with van der Waals surface area (Å²) in [5, 5.41) is 3.98. The number of hydrogen-bond donors (Lipinski definition) is 0. The second kappa shape index (κ2) is 4.96. The number of rotatable bonds is 2. The van der Waals surface area contributed by atoms with Crippen LogP contribution >= 0.6 is 0 Å². The summed E-state index contributed by atoms with van der Waals surface area (Å²) in [5.74, 6) is 0.600. The van der Waals surface area contributed by atoms with E-state index in [4.69, 9.17) is 4.52 Å². The molecule has 0 saturated carbocycles. The van der Waals surface area contributed by atoms with Crippen molar-refractivity contribution in [3.63, 3.8) is 0 Å². The zero-order valence-corrected chi connectivity index (χ0v) is 11.5. The van der Waals surface area contributed by atoms with Crippen LogP contribution in [0.5, 0.6) is 0 Å². The Labute approximate surface area is 117 Å². The zero-order valence-electron chi connectivity index (χ0n) is 11.5. The van der Waals surface area contributed by atoms with Crippen molar-refractivity contribution in [3.05, 3.63) is 30.3 Å². The molecule has 0 N–H and O–H groups in total. The van der Waals surface area contributed by atoms with Crippen LogP contribution in [-0.4, -0.2) is 47.1 Å². The first-order valence-electron chi connectivity index (χ1n) is 6.55. The normalized spacial score (nSPS) is 19.5. The molecule has 1 unspecified atom stereocenters. The van der Waals surface area contributed by atoms with Crippen LogP contribution in [0, 0.1) is 0 Å². The number of nitrogens with zero attached hydrogens (tertiary/aromatic N) is 4. The fourth-order valence-corrected chi connectivity index (χ4v) is 2.22. The van der Waals surface area contributed by atoms with Gasteiger partial charge in [0.05, 0.1) is 0 Å². The van der Waals surface area contributed by atoms with Crippen molar-refractivity contribution in [1.29, 1.82) is 0 Å². The van der Waals surface area contributed by atoms with Gasteiger partial charge in [0, 0.05) is 25.2 Å². The second-order valence-electron chi connectivity index (χ2n) is 5.00. The Morgan fingerprint density at radius 1 is 1.30 bits per heavy atom.